The predicted molar refractivity (Wildman–Crippen MR) is 109 cm³/mol. The van der Waals surface area contributed by atoms with Crippen molar-refractivity contribution in [3.8, 4) is 0 Å². The number of hydrogen-bond acceptors (Lipinski definition) is 2. The zero-order valence-electron chi connectivity index (χ0n) is 16.9. The summed E-state index contributed by atoms with van der Waals surface area (Å²) in [6, 6.07) is 7.46. The van der Waals surface area contributed by atoms with Crippen molar-refractivity contribution in [1.29, 1.82) is 0 Å². The fourth-order valence-corrected chi connectivity index (χ4v) is 5.21. The van der Waals surface area contributed by atoms with Crippen molar-refractivity contribution in [1.82, 2.24) is 10.2 Å². The number of fused-ring (bicyclic) bond motifs is 1. The minimum absolute atomic E-state index is 0.0127. The average Bonchev–Trinajstić information content (AvgIpc) is 3.22. The minimum atomic E-state index is -0.458. The first kappa shape index (κ1) is 19.4. The quantitative estimate of drug-likeness (QED) is 0.738. The van der Waals surface area contributed by atoms with Gasteiger partial charge in [0.2, 0.25) is 5.91 Å². The van der Waals surface area contributed by atoms with Crippen LogP contribution in [0, 0.1) is 0 Å². The number of nitrogens with zero attached hydrogens (tertiary/aromatic N) is 1. The van der Waals surface area contributed by atoms with Gasteiger partial charge in [0.1, 0.15) is 6.04 Å². The number of amides is 2. The minimum Gasteiger partial charge on any atom is -0.351 e. The van der Waals surface area contributed by atoms with Gasteiger partial charge in [-0.05, 0) is 24.5 Å². The van der Waals surface area contributed by atoms with Crippen molar-refractivity contribution >= 4 is 11.8 Å². The molecule has 1 aromatic rings. The van der Waals surface area contributed by atoms with Crippen LogP contribution in [0.2, 0.25) is 0 Å². The van der Waals surface area contributed by atoms with Crippen LogP contribution in [0.4, 0.5) is 0 Å². The highest BCUT2D eigenvalue weighted by Crippen LogP contribution is 2.34. The van der Waals surface area contributed by atoms with Crippen LogP contribution in [0.25, 0.3) is 0 Å². The molecule has 0 spiro atoms. The summed E-state index contributed by atoms with van der Waals surface area (Å²) >= 11 is 0. The standard InChI is InChI=1S/C23H33N3O2/c27-22(24-18-10-3-1-2-4-11-18)21-19-12-5-6-13-20(19)23(28)26(21)17-9-16-25-14-7-8-15-25/h5-6,12-13,18,21H,1-4,7-11,14-17H2,(H,24,27)/p+1. The van der Waals surface area contributed by atoms with Gasteiger partial charge in [-0.1, -0.05) is 43.9 Å². The molecule has 28 heavy (non-hydrogen) atoms. The second-order valence-corrected chi connectivity index (χ2v) is 8.75. The number of likely N-dealkylation sites (tertiary alicyclic amines) is 1. The number of quaternary nitrogens is 1. The van der Waals surface area contributed by atoms with Crippen molar-refractivity contribution in [2.75, 3.05) is 26.2 Å². The Morgan fingerprint density at radius 1 is 1.04 bits per heavy atom. The van der Waals surface area contributed by atoms with Crippen LogP contribution in [0.15, 0.2) is 24.3 Å². The molecule has 4 rings (SSSR count). The van der Waals surface area contributed by atoms with E-state index in [4.69, 9.17) is 0 Å². The summed E-state index contributed by atoms with van der Waals surface area (Å²) in [5, 5.41) is 3.29. The van der Waals surface area contributed by atoms with Crippen LogP contribution < -0.4 is 10.2 Å². The lowest BCUT2D eigenvalue weighted by atomic mass is 10.0. The summed E-state index contributed by atoms with van der Waals surface area (Å²) < 4.78 is 0. The molecule has 2 fully saturated rings. The summed E-state index contributed by atoms with van der Waals surface area (Å²) in [7, 11) is 0. The van der Waals surface area contributed by atoms with Gasteiger partial charge >= 0.3 is 0 Å². The Hall–Kier alpha value is -1.88. The summed E-state index contributed by atoms with van der Waals surface area (Å²) in [6.45, 7) is 4.26. The molecule has 2 amide bonds. The molecule has 2 heterocycles. The van der Waals surface area contributed by atoms with E-state index >= 15 is 0 Å². The van der Waals surface area contributed by atoms with Crippen molar-refractivity contribution < 1.29 is 14.5 Å². The molecule has 1 saturated carbocycles. The summed E-state index contributed by atoms with van der Waals surface area (Å²) in [5.74, 6) is 0.0340. The Morgan fingerprint density at radius 3 is 2.50 bits per heavy atom. The maximum Gasteiger partial charge on any atom is 0.255 e. The summed E-state index contributed by atoms with van der Waals surface area (Å²) in [6.07, 6.45) is 10.6. The molecular formula is C23H34N3O2+. The number of benzene rings is 1. The molecule has 152 valence electrons. The molecule has 0 bridgehead atoms. The van der Waals surface area contributed by atoms with Crippen LogP contribution >= 0.6 is 0 Å². The highest BCUT2D eigenvalue weighted by molar-refractivity contribution is 6.04. The lowest BCUT2D eigenvalue weighted by Gasteiger charge is -2.27. The monoisotopic (exact) mass is 384 g/mol. The molecular weight excluding hydrogens is 350 g/mol. The Balaban J connectivity index is 1.45. The van der Waals surface area contributed by atoms with Gasteiger partial charge < -0.3 is 15.1 Å². The van der Waals surface area contributed by atoms with Gasteiger partial charge in [0.05, 0.1) is 19.6 Å². The van der Waals surface area contributed by atoms with E-state index in [1.165, 1.54) is 51.6 Å². The van der Waals surface area contributed by atoms with Crippen LogP contribution in [0.1, 0.15) is 79.8 Å². The fourth-order valence-electron chi connectivity index (χ4n) is 5.21. The van der Waals surface area contributed by atoms with E-state index in [0.29, 0.717) is 12.1 Å². The molecule has 1 saturated heterocycles. The maximum atomic E-state index is 13.3. The number of nitrogens with one attached hydrogen (secondary N) is 2. The van der Waals surface area contributed by atoms with Gasteiger partial charge in [0, 0.05) is 37.4 Å². The topological polar surface area (TPSA) is 53.9 Å². The van der Waals surface area contributed by atoms with Gasteiger partial charge in [-0.3, -0.25) is 9.59 Å². The molecule has 5 nitrogen and oxygen atoms in total. The fraction of sp³-hybridized carbons (Fsp3) is 0.652. The molecule has 1 unspecified atom stereocenters. The van der Waals surface area contributed by atoms with Crippen molar-refractivity contribution in [2.45, 2.75) is 69.9 Å². The highest BCUT2D eigenvalue weighted by Gasteiger charge is 2.41. The number of rotatable bonds is 6. The normalized spacial score (nSPS) is 23.6. The van der Waals surface area contributed by atoms with Crippen molar-refractivity contribution in [3.05, 3.63) is 35.4 Å². The molecule has 0 aromatic heterocycles. The zero-order chi connectivity index (χ0) is 19.3. The largest absolute Gasteiger partial charge is 0.351 e. The zero-order valence-corrected chi connectivity index (χ0v) is 16.9. The lowest BCUT2D eigenvalue weighted by molar-refractivity contribution is -0.887. The second-order valence-electron chi connectivity index (χ2n) is 8.75. The summed E-state index contributed by atoms with van der Waals surface area (Å²) in [5.41, 5.74) is 1.59. The van der Waals surface area contributed by atoms with Gasteiger partial charge in [0.25, 0.3) is 5.91 Å². The van der Waals surface area contributed by atoms with Crippen molar-refractivity contribution in [2.24, 2.45) is 0 Å². The van der Waals surface area contributed by atoms with E-state index in [2.05, 4.69) is 5.32 Å². The van der Waals surface area contributed by atoms with Crippen LogP contribution in [0.3, 0.4) is 0 Å². The maximum absolute atomic E-state index is 13.3. The van der Waals surface area contributed by atoms with Gasteiger partial charge in [-0.2, -0.15) is 0 Å². The molecule has 5 heteroatoms. The third-order valence-corrected chi connectivity index (χ3v) is 6.75. The van der Waals surface area contributed by atoms with Gasteiger partial charge in [-0.25, -0.2) is 0 Å². The molecule has 1 atom stereocenters. The van der Waals surface area contributed by atoms with Crippen LogP contribution in [-0.2, 0) is 4.79 Å². The van der Waals surface area contributed by atoms with Crippen LogP contribution in [-0.4, -0.2) is 48.9 Å². The molecule has 2 N–H and O–H groups in total. The Kier molecular flexibility index (Phi) is 6.30. The molecule has 0 radical (unpaired) electrons. The lowest BCUT2D eigenvalue weighted by Crippen LogP contribution is -3.10. The molecule has 2 aliphatic heterocycles. The van der Waals surface area contributed by atoms with E-state index in [0.717, 1.165) is 31.4 Å². The van der Waals surface area contributed by atoms with E-state index < -0.39 is 6.04 Å². The molecule has 1 aromatic carbocycles. The Morgan fingerprint density at radius 2 is 1.75 bits per heavy atom. The van der Waals surface area contributed by atoms with Crippen LogP contribution in [0.5, 0.6) is 0 Å². The van der Waals surface area contributed by atoms with E-state index in [-0.39, 0.29) is 17.9 Å². The molecule has 3 aliphatic rings. The van der Waals surface area contributed by atoms with E-state index in [1.807, 2.05) is 29.2 Å². The van der Waals surface area contributed by atoms with E-state index in [9.17, 15) is 9.59 Å². The Bertz CT molecular complexity index is 691. The smallest absolute Gasteiger partial charge is 0.255 e. The van der Waals surface area contributed by atoms with Gasteiger partial charge in [0.15, 0.2) is 0 Å². The SMILES string of the molecule is O=C(NC1CCCCCC1)C1c2ccccc2C(=O)N1CCC[NH+]1CCCC1. The first-order valence-electron chi connectivity index (χ1n) is 11.3. The first-order valence-corrected chi connectivity index (χ1v) is 11.3. The first-order chi connectivity index (χ1) is 13.7. The Labute approximate surface area is 168 Å². The third kappa shape index (κ3) is 4.24. The van der Waals surface area contributed by atoms with Gasteiger partial charge in [-0.15, -0.1) is 0 Å². The predicted octanol–water partition coefficient (Wildman–Crippen LogP) is 2.09. The number of carbonyl (C=O) groups excluding carboxylic acids is 2. The highest BCUT2D eigenvalue weighted by atomic mass is 16.2. The molecule has 1 aliphatic carbocycles. The second kappa shape index (κ2) is 9.08. The number of carbonyl (C=O) groups is 2. The summed E-state index contributed by atoms with van der Waals surface area (Å²) in [4.78, 5) is 29.7. The van der Waals surface area contributed by atoms with E-state index in [1.54, 1.807) is 4.90 Å². The average molecular weight is 385 g/mol. The number of hydrogen-bond donors (Lipinski definition) is 2. The third-order valence-electron chi connectivity index (χ3n) is 6.75. The van der Waals surface area contributed by atoms with Crippen molar-refractivity contribution in [3.63, 3.8) is 0 Å².